The van der Waals surface area contributed by atoms with Gasteiger partial charge in [0.15, 0.2) is 5.82 Å². The van der Waals surface area contributed by atoms with Crippen molar-refractivity contribution < 1.29 is 4.74 Å². The van der Waals surface area contributed by atoms with Gasteiger partial charge in [-0.1, -0.05) is 11.6 Å². The molecule has 0 aliphatic carbocycles. The fraction of sp³-hybridized carbons (Fsp3) is 0.636. The number of halogens is 1. The van der Waals surface area contributed by atoms with E-state index in [1.807, 2.05) is 11.8 Å². The Hall–Kier alpha value is -0.680. The average Bonchev–Trinajstić information content (AvgIpc) is 2.76. The summed E-state index contributed by atoms with van der Waals surface area (Å²) in [6.45, 7) is 3.13. The van der Waals surface area contributed by atoms with Crippen LogP contribution in [0.3, 0.4) is 0 Å². The Labute approximate surface area is 111 Å². The van der Waals surface area contributed by atoms with Crippen LogP contribution in [0.15, 0.2) is 6.20 Å². The van der Waals surface area contributed by atoms with Crippen LogP contribution in [0.2, 0.25) is 5.02 Å². The minimum Gasteiger partial charge on any atom is -0.467 e. The lowest BCUT2D eigenvalue weighted by Gasteiger charge is -2.23. The molecule has 0 bridgehead atoms. The highest BCUT2D eigenvalue weighted by Gasteiger charge is 2.29. The van der Waals surface area contributed by atoms with E-state index in [4.69, 9.17) is 16.3 Å². The largest absolute Gasteiger partial charge is 0.467 e. The molecule has 1 atom stereocenters. The second-order valence-corrected chi connectivity index (χ2v) is 6.40. The number of anilines is 1. The van der Waals surface area contributed by atoms with E-state index in [2.05, 4.69) is 22.2 Å². The van der Waals surface area contributed by atoms with Gasteiger partial charge >= 0.3 is 6.01 Å². The summed E-state index contributed by atoms with van der Waals surface area (Å²) in [7, 11) is 1.54. The van der Waals surface area contributed by atoms with Crippen molar-refractivity contribution in [3.63, 3.8) is 0 Å². The summed E-state index contributed by atoms with van der Waals surface area (Å²) in [5.74, 6) is 1.88. The third-order valence-electron chi connectivity index (χ3n) is 2.83. The van der Waals surface area contributed by atoms with Crippen LogP contribution >= 0.6 is 23.4 Å². The van der Waals surface area contributed by atoms with E-state index in [1.54, 1.807) is 13.3 Å². The van der Waals surface area contributed by atoms with Gasteiger partial charge in [-0.15, -0.1) is 0 Å². The monoisotopic (exact) mass is 273 g/mol. The highest BCUT2D eigenvalue weighted by molar-refractivity contribution is 8.00. The molecule has 1 aliphatic heterocycles. The Bertz CT molecular complexity index is 396. The average molecular weight is 274 g/mol. The Morgan fingerprint density at radius 1 is 1.65 bits per heavy atom. The molecule has 1 N–H and O–H groups in total. The van der Waals surface area contributed by atoms with Gasteiger partial charge in [0.05, 0.1) is 13.3 Å². The molecule has 1 saturated heterocycles. The van der Waals surface area contributed by atoms with E-state index in [9.17, 15) is 0 Å². The fourth-order valence-electron chi connectivity index (χ4n) is 1.82. The molecule has 2 heterocycles. The van der Waals surface area contributed by atoms with Crippen LogP contribution in [-0.4, -0.2) is 34.1 Å². The lowest BCUT2D eigenvalue weighted by atomic mass is 10.1. The minimum absolute atomic E-state index is 0.279. The first-order valence-electron chi connectivity index (χ1n) is 5.57. The molecule has 1 aliphatic rings. The lowest BCUT2D eigenvalue weighted by Crippen LogP contribution is -2.27. The van der Waals surface area contributed by atoms with Gasteiger partial charge in [0, 0.05) is 11.3 Å². The molecule has 1 fully saturated rings. The number of aromatic nitrogens is 2. The van der Waals surface area contributed by atoms with Crippen molar-refractivity contribution in [3.05, 3.63) is 11.2 Å². The summed E-state index contributed by atoms with van der Waals surface area (Å²) in [5.41, 5.74) is 0. The molecule has 0 radical (unpaired) electrons. The summed E-state index contributed by atoms with van der Waals surface area (Å²) >= 11 is 8.03. The van der Waals surface area contributed by atoms with E-state index in [0.29, 0.717) is 16.9 Å². The molecule has 6 heteroatoms. The first-order valence-corrected chi connectivity index (χ1v) is 6.94. The number of ether oxygens (including phenoxy) is 1. The fourth-order valence-corrected chi connectivity index (χ4v) is 3.22. The van der Waals surface area contributed by atoms with Crippen LogP contribution in [0.4, 0.5) is 5.82 Å². The smallest absolute Gasteiger partial charge is 0.318 e. The van der Waals surface area contributed by atoms with Crippen molar-refractivity contribution in [2.45, 2.75) is 24.5 Å². The number of thioether (sulfide) groups is 1. The number of methoxy groups -OCH3 is 1. The number of hydrogen-bond acceptors (Lipinski definition) is 5. The second-order valence-electron chi connectivity index (χ2n) is 4.31. The Morgan fingerprint density at radius 2 is 2.47 bits per heavy atom. The molecule has 0 saturated carbocycles. The van der Waals surface area contributed by atoms with Crippen molar-refractivity contribution in [3.8, 4) is 6.01 Å². The van der Waals surface area contributed by atoms with Crippen LogP contribution in [0.5, 0.6) is 6.01 Å². The standard InChI is InChI=1S/C11H16ClN3OS/c1-11(4-3-5-17-11)7-14-9-8(12)6-13-10(15-9)16-2/h6H,3-5,7H2,1-2H3,(H,13,14,15). The molecule has 17 heavy (non-hydrogen) atoms. The zero-order valence-corrected chi connectivity index (χ0v) is 11.6. The maximum Gasteiger partial charge on any atom is 0.318 e. The number of nitrogens with one attached hydrogen (secondary N) is 1. The van der Waals surface area contributed by atoms with Crippen molar-refractivity contribution in [2.24, 2.45) is 0 Å². The van der Waals surface area contributed by atoms with Crippen molar-refractivity contribution >= 4 is 29.2 Å². The van der Waals surface area contributed by atoms with Crippen LogP contribution in [-0.2, 0) is 0 Å². The van der Waals surface area contributed by atoms with Crippen molar-refractivity contribution in [2.75, 3.05) is 24.7 Å². The summed E-state index contributed by atoms with van der Waals surface area (Å²) in [4.78, 5) is 8.14. The van der Waals surface area contributed by atoms with Gasteiger partial charge in [-0.25, -0.2) is 4.98 Å². The van der Waals surface area contributed by atoms with E-state index in [0.717, 1.165) is 6.54 Å². The highest BCUT2D eigenvalue weighted by atomic mass is 35.5. The van der Waals surface area contributed by atoms with Crippen LogP contribution in [0, 0.1) is 0 Å². The summed E-state index contributed by atoms with van der Waals surface area (Å²) < 4.78 is 5.26. The van der Waals surface area contributed by atoms with E-state index in [1.165, 1.54) is 18.6 Å². The zero-order chi connectivity index (χ0) is 12.3. The second kappa shape index (κ2) is 5.31. The molecule has 1 unspecified atom stereocenters. The first-order chi connectivity index (χ1) is 8.13. The van der Waals surface area contributed by atoms with Crippen LogP contribution < -0.4 is 10.1 Å². The maximum absolute atomic E-state index is 6.03. The van der Waals surface area contributed by atoms with Crippen molar-refractivity contribution in [1.82, 2.24) is 9.97 Å². The molecule has 0 amide bonds. The molecule has 1 aromatic rings. The predicted molar refractivity (Wildman–Crippen MR) is 72.2 cm³/mol. The van der Waals surface area contributed by atoms with Gasteiger partial charge in [-0.3, -0.25) is 0 Å². The minimum atomic E-state index is 0.279. The van der Waals surface area contributed by atoms with Crippen LogP contribution in [0.1, 0.15) is 19.8 Å². The topological polar surface area (TPSA) is 47.0 Å². The Morgan fingerprint density at radius 3 is 3.12 bits per heavy atom. The highest BCUT2D eigenvalue weighted by Crippen LogP contribution is 2.38. The summed E-state index contributed by atoms with van der Waals surface area (Å²) in [6, 6.07) is 0.334. The van der Waals surface area contributed by atoms with E-state index in [-0.39, 0.29) is 4.75 Å². The van der Waals surface area contributed by atoms with Gasteiger partial charge in [0.25, 0.3) is 0 Å². The molecular formula is C11H16ClN3OS. The molecular weight excluding hydrogens is 258 g/mol. The van der Waals surface area contributed by atoms with Gasteiger partial charge in [0.1, 0.15) is 5.02 Å². The normalized spacial score (nSPS) is 23.7. The van der Waals surface area contributed by atoms with Gasteiger partial charge in [-0.05, 0) is 25.5 Å². The van der Waals surface area contributed by atoms with E-state index < -0.39 is 0 Å². The maximum atomic E-state index is 6.03. The lowest BCUT2D eigenvalue weighted by molar-refractivity contribution is 0.380. The Balaban J connectivity index is 2.02. The van der Waals surface area contributed by atoms with E-state index >= 15 is 0 Å². The van der Waals surface area contributed by atoms with Crippen molar-refractivity contribution in [1.29, 1.82) is 0 Å². The predicted octanol–water partition coefficient (Wildman–Crippen LogP) is 2.84. The van der Waals surface area contributed by atoms with Gasteiger partial charge < -0.3 is 10.1 Å². The third-order valence-corrected chi connectivity index (χ3v) is 4.65. The van der Waals surface area contributed by atoms with Gasteiger partial charge in [0.2, 0.25) is 0 Å². The Kier molecular flexibility index (Phi) is 3.99. The van der Waals surface area contributed by atoms with Crippen LogP contribution in [0.25, 0.3) is 0 Å². The third kappa shape index (κ3) is 3.16. The molecule has 94 valence electrons. The zero-order valence-electron chi connectivity index (χ0n) is 9.99. The molecule has 2 rings (SSSR count). The molecule has 4 nitrogen and oxygen atoms in total. The quantitative estimate of drug-likeness (QED) is 0.914. The summed E-state index contributed by atoms with van der Waals surface area (Å²) in [6.07, 6.45) is 4.06. The SMILES string of the molecule is COc1ncc(Cl)c(NCC2(C)CCCS2)n1. The number of rotatable bonds is 4. The van der Waals surface area contributed by atoms with Gasteiger partial charge in [-0.2, -0.15) is 16.7 Å². The molecule has 0 aromatic carbocycles. The molecule has 1 aromatic heterocycles. The number of hydrogen-bond donors (Lipinski definition) is 1. The summed E-state index contributed by atoms with van der Waals surface area (Å²) in [5, 5.41) is 3.81. The number of nitrogens with zero attached hydrogens (tertiary/aromatic N) is 2. The molecule has 0 spiro atoms. The first kappa shape index (κ1) is 12.8.